The van der Waals surface area contributed by atoms with Crippen LogP contribution in [0.5, 0.6) is 0 Å². The third-order valence-electron chi connectivity index (χ3n) is 9.86. The molecule has 0 N–H and O–H groups in total. The van der Waals surface area contributed by atoms with Crippen LogP contribution in [0.15, 0.2) is 0 Å². The molecule has 0 spiro atoms. The van der Waals surface area contributed by atoms with Crippen molar-refractivity contribution in [1.82, 2.24) is 0 Å². The molecule has 4 aliphatic rings. The van der Waals surface area contributed by atoms with Crippen LogP contribution in [-0.4, -0.2) is 12.0 Å². The average Bonchev–Trinajstić information content (AvgIpc) is 2.97. The molecule has 0 radical (unpaired) electrons. The molecule has 0 aliphatic heterocycles. The monoisotopic (exact) mass is 414 g/mol. The van der Waals surface area contributed by atoms with Crippen LogP contribution in [-0.2, 0) is 4.79 Å². The van der Waals surface area contributed by atoms with Crippen LogP contribution >= 0.6 is 0 Å². The minimum absolute atomic E-state index is 0.102. The Labute approximate surface area is 175 Å². The zero-order chi connectivity index (χ0) is 21.6. The summed E-state index contributed by atoms with van der Waals surface area (Å²) < 4.78 is 39.9. The van der Waals surface area contributed by atoms with Gasteiger partial charge in [-0.1, -0.05) is 27.7 Å². The molecule has 0 saturated heterocycles. The van der Waals surface area contributed by atoms with E-state index in [4.69, 9.17) is 0 Å². The maximum Gasteiger partial charge on any atom is 0.391 e. The van der Waals surface area contributed by atoms with Crippen LogP contribution in [0, 0.1) is 46.3 Å². The van der Waals surface area contributed by atoms with Gasteiger partial charge < -0.3 is 4.79 Å². The fourth-order valence-electron chi connectivity index (χ4n) is 8.35. The van der Waals surface area contributed by atoms with Crippen molar-refractivity contribution in [3.05, 3.63) is 0 Å². The normalized spacial score (nSPS) is 46.6. The predicted octanol–water partition coefficient (Wildman–Crippen LogP) is 7.83. The number of fused-ring (bicyclic) bond motifs is 5. The minimum atomic E-state index is -4.02. The maximum absolute atomic E-state index is 13.3. The SMILES string of the molecule is CC.CC(=O)CC1CCC2C3CCC4CC(C(F)(F)F)CCC4(C)C3CCC12C. The van der Waals surface area contributed by atoms with Gasteiger partial charge in [-0.05, 0) is 105 Å². The van der Waals surface area contributed by atoms with Gasteiger partial charge in [-0.15, -0.1) is 0 Å². The van der Waals surface area contributed by atoms with E-state index in [2.05, 4.69) is 13.8 Å². The summed E-state index contributed by atoms with van der Waals surface area (Å²) in [6, 6.07) is 0. The summed E-state index contributed by atoms with van der Waals surface area (Å²) in [5.74, 6) is 1.95. The van der Waals surface area contributed by atoms with E-state index in [0.717, 1.165) is 32.1 Å². The van der Waals surface area contributed by atoms with Crippen molar-refractivity contribution in [2.75, 3.05) is 0 Å². The maximum atomic E-state index is 13.3. The first-order valence-corrected chi connectivity index (χ1v) is 12.1. The third kappa shape index (κ3) is 3.91. The lowest BCUT2D eigenvalue weighted by Crippen LogP contribution is -2.54. The van der Waals surface area contributed by atoms with E-state index in [1.54, 1.807) is 6.92 Å². The molecule has 4 rings (SSSR count). The largest absolute Gasteiger partial charge is 0.391 e. The molecule has 0 aromatic heterocycles. The highest BCUT2D eigenvalue weighted by atomic mass is 19.4. The summed E-state index contributed by atoms with van der Waals surface area (Å²) >= 11 is 0. The molecule has 0 amide bonds. The number of hydrogen-bond acceptors (Lipinski definition) is 1. The summed E-state index contributed by atoms with van der Waals surface area (Å²) in [6.45, 7) is 10.5. The smallest absolute Gasteiger partial charge is 0.300 e. The number of carbonyl (C=O) groups excluding carboxylic acids is 1. The molecule has 0 heterocycles. The first-order valence-electron chi connectivity index (χ1n) is 12.1. The lowest BCUT2D eigenvalue weighted by Gasteiger charge is -2.61. The third-order valence-corrected chi connectivity index (χ3v) is 9.86. The van der Waals surface area contributed by atoms with E-state index in [-0.39, 0.29) is 16.7 Å². The Bertz CT molecular complexity index is 599. The second-order valence-corrected chi connectivity index (χ2v) is 10.9. The van der Waals surface area contributed by atoms with E-state index in [0.29, 0.717) is 42.3 Å². The van der Waals surface area contributed by atoms with Crippen LogP contribution in [0.4, 0.5) is 13.2 Å². The predicted molar refractivity (Wildman–Crippen MR) is 111 cm³/mol. The van der Waals surface area contributed by atoms with Crippen LogP contribution in [0.1, 0.15) is 98.8 Å². The molecule has 0 aromatic rings. The number of alkyl halides is 3. The Morgan fingerprint density at radius 1 is 0.897 bits per heavy atom. The van der Waals surface area contributed by atoms with Crippen molar-refractivity contribution < 1.29 is 18.0 Å². The molecule has 168 valence electrons. The fourth-order valence-corrected chi connectivity index (χ4v) is 8.35. The number of hydrogen-bond donors (Lipinski definition) is 0. The van der Waals surface area contributed by atoms with E-state index in [1.807, 2.05) is 13.8 Å². The molecule has 0 bridgehead atoms. The standard InChI is InChI=1S/C23H35F3O.C2H6/c1-14(27)12-15-5-7-19-18-6-4-16-13-17(23(24,25)26)8-10-21(16,2)20(18)9-11-22(15,19)3;1-2/h15-20H,4-13H2,1-3H3;1-2H3. The van der Waals surface area contributed by atoms with Gasteiger partial charge in [0.25, 0.3) is 0 Å². The van der Waals surface area contributed by atoms with E-state index in [1.165, 1.54) is 19.3 Å². The number of Topliss-reactive ketones (excluding diaryl/α,β-unsaturated/α-hetero) is 1. The van der Waals surface area contributed by atoms with Gasteiger partial charge in [-0.25, -0.2) is 0 Å². The summed E-state index contributed by atoms with van der Waals surface area (Å²) in [5, 5.41) is 0. The molecule has 8 atom stereocenters. The summed E-state index contributed by atoms with van der Waals surface area (Å²) in [4.78, 5) is 11.8. The molecular weight excluding hydrogens is 373 g/mol. The van der Waals surface area contributed by atoms with Crippen LogP contribution < -0.4 is 0 Å². The molecule has 4 fully saturated rings. The van der Waals surface area contributed by atoms with Gasteiger partial charge in [-0.2, -0.15) is 13.2 Å². The Morgan fingerprint density at radius 3 is 2.14 bits per heavy atom. The first kappa shape index (κ1) is 23.1. The zero-order valence-corrected chi connectivity index (χ0v) is 19.1. The van der Waals surface area contributed by atoms with Crippen molar-refractivity contribution in [2.24, 2.45) is 46.3 Å². The van der Waals surface area contributed by atoms with Crippen LogP contribution in [0.2, 0.25) is 0 Å². The Kier molecular flexibility index (Phi) is 6.53. The van der Waals surface area contributed by atoms with Crippen molar-refractivity contribution in [2.45, 2.75) is 105 Å². The number of ketones is 1. The molecule has 0 aromatic carbocycles. The van der Waals surface area contributed by atoms with Crippen molar-refractivity contribution in [1.29, 1.82) is 0 Å². The highest BCUT2D eigenvalue weighted by Gasteiger charge is 2.61. The Hall–Kier alpha value is -0.540. The molecule has 4 heteroatoms. The Balaban J connectivity index is 0.00000117. The van der Waals surface area contributed by atoms with Gasteiger partial charge in [0.1, 0.15) is 5.78 Å². The summed E-state index contributed by atoms with van der Waals surface area (Å²) in [6.07, 6.45) is 4.96. The van der Waals surface area contributed by atoms with Gasteiger partial charge in [-0.3, -0.25) is 0 Å². The second kappa shape index (κ2) is 8.19. The molecule has 4 saturated carbocycles. The van der Waals surface area contributed by atoms with Crippen LogP contribution in [0.25, 0.3) is 0 Å². The molecule has 4 aliphatic carbocycles. The van der Waals surface area contributed by atoms with E-state index >= 15 is 0 Å². The quantitative estimate of drug-likeness (QED) is 0.450. The zero-order valence-electron chi connectivity index (χ0n) is 19.1. The van der Waals surface area contributed by atoms with Gasteiger partial charge >= 0.3 is 6.18 Å². The van der Waals surface area contributed by atoms with Gasteiger partial charge in [0.05, 0.1) is 5.92 Å². The number of carbonyl (C=O) groups is 1. The van der Waals surface area contributed by atoms with Gasteiger partial charge in [0.15, 0.2) is 0 Å². The average molecular weight is 415 g/mol. The van der Waals surface area contributed by atoms with Gasteiger partial charge in [0, 0.05) is 6.42 Å². The lowest BCUT2D eigenvalue weighted by atomic mass is 9.44. The first-order chi connectivity index (χ1) is 13.6. The fraction of sp³-hybridized carbons (Fsp3) is 0.960. The van der Waals surface area contributed by atoms with Gasteiger partial charge in [0.2, 0.25) is 0 Å². The van der Waals surface area contributed by atoms with E-state index < -0.39 is 12.1 Å². The molecule has 8 unspecified atom stereocenters. The van der Waals surface area contributed by atoms with Crippen molar-refractivity contribution in [3.63, 3.8) is 0 Å². The Morgan fingerprint density at radius 2 is 1.52 bits per heavy atom. The highest BCUT2D eigenvalue weighted by molar-refractivity contribution is 5.75. The van der Waals surface area contributed by atoms with Crippen molar-refractivity contribution in [3.8, 4) is 0 Å². The number of halogens is 3. The van der Waals surface area contributed by atoms with Crippen LogP contribution in [0.3, 0.4) is 0 Å². The minimum Gasteiger partial charge on any atom is -0.300 e. The molecule has 29 heavy (non-hydrogen) atoms. The number of rotatable bonds is 2. The summed E-state index contributed by atoms with van der Waals surface area (Å²) in [7, 11) is 0. The topological polar surface area (TPSA) is 17.1 Å². The highest BCUT2D eigenvalue weighted by Crippen LogP contribution is 2.68. The lowest BCUT2D eigenvalue weighted by molar-refractivity contribution is -0.208. The van der Waals surface area contributed by atoms with E-state index in [9.17, 15) is 18.0 Å². The summed E-state index contributed by atoms with van der Waals surface area (Å²) in [5.41, 5.74) is 0.379. The second-order valence-electron chi connectivity index (χ2n) is 10.9. The molecular formula is C25H41F3O. The van der Waals surface area contributed by atoms with Crippen molar-refractivity contribution >= 4 is 5.78 Å². The molecule has 1 nitrogen and oxygen atoms in total.